The first kappa shape index (κ1) is 17.1. The smallest absolute Gasteiger partial charge is 0.273 e. The Balaban J connectivity index is 2.42. The molecule has 1 heterocycles. The van der Waals surface area contributed by atoms with Crippen LogP contribution >= 0.6 is 15.9 Å². The van der Waals surface area contributed by atoms with Gasteiger partial charge in [0, 0.05) is 6.07 Å². The van der Waals surface area contributed by atoms with Gasteiger partial charge in [-0.2, -0.15) is 9.78 Å². The number of hydrogen-bond donors (Lipinski definition) is 1. The van der Waals surface area contributed by atoms with Crippen LogP contribution in [0.2, 0.25) is 0 Å². The highest BCUT2D eigenvalue weighted by atomic mass is 79.9. The molecule has 0 saturated heterocycles. The lowest BCUT2D eigenvalue weighted by atomic mass is 10.2. The summed E-state index contributed by atoms with van der Waals surface area (Å²) < 4.78 is 12.7. The summed E-state index contributed by atoms with van der Waals surface area (Å²) in [4.78, 5) is 11.9. The average Bonchev–Trinajstić information content (AvgIpc) is 2.46. The molecule has 2 rings (SSSR count). The molecule has 0 radical (unpaired) electrons. The standard InChI is InChI=1S/C16H18BrN3O3/c1-4-23-13-8-11(7-12(17)16(13)22-3)9-19-20-14(18)5-10(2)6-15(20)21/h5-9H,4,18H2,1-3H3/b19-9-. The fourth-order valence-electron chi connectivity index (χ4n) is 2.09. The number of aryl methyl sites for hydroxylation is 1. The van der Waals surface area contributed by atoms with Gasteiger partial charge < -0.3 is 15.2 Å². The second kappa shape index (κ2) is 7.32. The minimum Gasteiger partial charge on any atom is -0.492 e. The van der Waals surface area contributed by atoms with Crippen LogP contribution in [0.1, 0.15) is 18.1 Å². The summed E-state index contributed by atoms with van der Waals surface area (Å²) in [6.07, 6.45) is 1.54. The largest absolute Gasteiger partial charge is 0.492 e. The van der Waals surface area contributed by atoms with E-state index in [0.717, 1.165) is 20.3 Å². The van der Waals surface area contributed by atoms with Gasteiger partial charge >= 0.3 is 0 Å². The first-order valence-corrected chi connectivity index (χ1v) is 7.79. The van der Waals surface area contributed by atoms with Crippen molar-refractivity contribution in [2.75, 3.05) is 19.5 Å². The van der Waals surface area contributed by atoms with Gasteiger partial charge in [-0.3, -0.25) is 4.79 Å². The molecular formula is C16H18BrN3O3. The Kier molecular flexibility index (Phi) is 5.44. The number of rotatable bonds is 5. The molecule has 0 atom stereocenters. The summed E-state index contributed by atoms with van der Waals surface area (Å²) in [6.45, 7) is 4.20. The summed E-state index contributed by atoms with van der Waals surface area (Å²) in [5.41, 5.74) is 7.09. The van der Waals surface area contributed by atoms with E-state index in [2.05, 4.69) is 21.0 Å². The van der Waals surface area contributed by atoms with Crippen LogP contribution in [-0.4, -0.2) is 24.6 Å². The molecule has 7 heteroatoms. The van der Waals surface area contributed by atoms with Crippen molar-refractivity contribution < 1.29 is 9.47 Å². The van der Waals surface area contributed by atoms with E-state index in [1.165, 1.54) is 6.07 Å². The number of aromatic nitrogens is 1. The zero-order valence-corrected chi connectivity index (χ0v) is 14.8. The maximum atomic E-state index is 11.9. The predicted octanol–water partition coefficient (Wildman–Crippen LogP) is 2.79. The highest BCUT2D eigenvalue weighted by molar-refractivity contribution is 9.10. The summed E-state index contributed by atoms with van der Waals surface area (Å²) in [6, 6.07) is 6.77. The fraction of sp³-hybridized carbons (Fsp3) is 0.250. The number of nitrogen functional groups attached to an aromatic ring is 1. The van der Waals surface area contributed by atoms with Gasteiger partial charge in [0.15, 0.2) is 11.5 Å². The van der Waals surface area contributed by atoms with Gasteiger partial charge in [0.2, 0.25) is 0 Å². The molecule has 0 aliphatic carbocycles. The van der Waals surface area contributed by atoms with Crippen LogP contribution in [-0.2, 0) is 0 Å². The summed E-state index contributed by atoms with van der Waals surface area (Å²) >= 11 is 3.43. The number of halogens is 1. The quantitative estimate of drug-likeness (QED) is 0.810. The minimum absolute atomic E-state index is 0.281. The van der Waals surface area contributed by atoms with E-state index in [0.29, 0.717) is 18.1 Å². The molecule has 23 heavy (non-hydrogen) atoms. The van der Waals surface area contributed by atoms with Crippen LogP contribution in [0.25, 0.3) is 0 Å². The second-order valence-electron chi connectivity index (χ2n) is 4.82. The normalized spacial score (nSPS) is 11.0. The zero-order chi connectivity index (χ0) is 17.0. The lowest BCUT2D eigenvalue weighted by molar-refractivity contribution is 0.310. The lowest BCUT2D eigenvalue weighted by Crippen LogP contribution is -2.19. The molecule has 1 aromatic heterocycles. The van der Waals surface area contributed by atoms with Gasteiger partial charge in [0.1, 0.15) is 5.82 Å². The maximum absolute atomic E-state index is 11.9. The number of hydrogen-bond acceptors (Lipinski definition) is 5. The van der Waals surface area contributed by atoms with Crippen LogP contribution in [0.3, 0.4) is 0 Å². The number of ether oxygens (including phenoxy) is 2. The molecule has 0 aliphatic heterocycles. The molecule has 2 aromatic rings. The minimum atomic E-state index is -0.281. The summed E-state index contributed by atoms with van der Waals surface area (Å²) in [7, 11) is 1.57. The van der Waals surface area contributed by atoms with E-state index in [9.17, 15) is 4.79 Å². The Bertz CT molecular complexity index is 800. The Morgan fingerprint density at radius 3 is 2.70 bits per heavy atom. The molecule has 0 aliphatic rings. The third-order valence-corrected chi connectivity index (χ3v) is 3.63. The van der Waals surface area contributed by atoms with Crippen molar-refractivity contribution in [3.05, 3.63) is 50.2 Å². The Morgan fingerprint density at radius 2 is 2.09 bits per heavy atom. The molecule has 0 bridgehead atoms. The van der Waals surface area contributed by atoms with Crippen molar-refractivity contribution in [1.82, 2.24) is 4.68 Å². The number of pyridine rings is 1. The van der Waals surface area contributed by atoms with Gasteiger partial charge in [-0.15, -0.1) is 0 Å². The third-order valence-electron chi connectivity index (χ3n) is 3.04. The summed E-state index contributed by atoms with van der Waals surface area (Å²) in [5.74, 6) is 1.48. The van der Waals surface area contributed by atoms with Crippen LogP contribution in [0.15, 0.2) is 38.6 Å². The van der Waals surface area contributed by atoms with E-state index < -0.39 is 0 Å². The van der Waals surface area contributed by atoms with Crippen molar-refractivity contribution in [3.63, 3.8) is 0 Å². The number of nitrogens with two attached hydrogens (primary N) is 1. The van der Waals surface area contributed by atoms with Gasteiger partial charge in [-0.25, -0.2) is 0 Å². The van der Waals surface area contributed by atoms with Crippen molar-refractivity contribution in [1.29, 1.82) is 0 Å². The SMILES string of the molecule is CCOc1cc(/C=N\n2c(N)cc(C)cc2=O)cc(Br)c1OC. The molecule has 0 fully saturated rings. The Labute approximate surface area is 142 Å². The topological polar surface area (TPSA) is 78.8 Å². The highest BCUT2D eigenvalue weighted by Crippen LogP contribution is 2.36. The first-order chi connectivity index (χ1) is 11.0. The molecule has 0 amide bonds. The van der Waals surface area contributed by atoms with Crippen molar-refractivity contribution in [3.8, 4) is 11.5 Å². The van der Waals surface area contributed by atoms with Gasteiger partial charge in [0.25, 0.3) is 5.56 Å². The summed E-state index contributed by atoms with van der Waals surface area (Å²) in [5, 5.41) is 4.15. The molecule has 0 saturated carbocycles. The number of nitrogens with zero attached hydrogens (tertiary/aromatic N) is 2. The van der Waals surface area contributed by atoms with E-state index in [-0.39, 0.29) is 11.4 Å². The number of benzene rings is 1. The molecule has 1 aromatic carbocycles. The van der Waals surface area contributed by atoms with Crippen molar-refractivity contribution >= 4 is 28.0 Å². The molecule has 0 spiro atoms. The lowest BCUT2D eigenvalue weighted by Gasteiger charge is -2.12. The molecule has 6 nitrogen and oxygen atoms in total. The van der Waals surface area contributed by atoms with E-state index in [1.54, 1.807) is 32.4 Å². The van der Waals surface area contributed by atoms with Gasteiger partial charge in [-0.05, 0) is 59.1 Å². The fourth-order valence-corrected chi connectivity index (χ4v) is 2.71. The maximum Gasteiger partial charge on any atom is 0.273 e. The predicted molar refractivity (Wildman–Crippen MR) is 94.7 cm³/mol. The molecule has 2 N–H and O–H groups in total. The van der Waals surface area contributed by atoms with Crippen LogP contribution in [0.4, 0.5) is 5.82 Å². The Morgan fingerprint density at radius 1 is 1.35 bits per heavy atom. The molecular weight excluding hydrogens is 362 g/mol. The van der Waals surface area contributed by atoms with Crippen LogP contribution in [0, 0.1) is 6.92 Å². The number of methoxy groups -OCH3 is 1. The Hall–Kier alpha value is -2.28. The van der Waals surface area contributed by atoms with E-state index in [4.69, 9.17) is 15.2 Å². The average molecular weight is 380 g/mol. The monoisotopic (exact) mass is 379 g/mol. The second-order valence-corrected chi connectivity index (χ2v) is 5.67. The van der Waals surface area contributed by atoms with E-state index >= 15 is 0 Å². The van der Waals surface area contributed by atoms with Crippen LogP contribution in [0.5, 0.6) is 11.5 Å². The van der Waals surface area contributed by atoms with Gasteiger partial charge in [0.05, 0.1) is 24.4 Å². The van der Waals surface area contributed by atoms with Gasteiger partial charge in [-0.1, -0.05) is 0 Å². The highest BCUT2D eigenvalue weighted by Gasteiger charge is 2.10. The zero-order valence-electron chi connectivity index (χ0n) is 13.2. The van der Waals surface area contributed by atoms with Crippen LogP contribution < -0.4 is 20.8 Å². The molecule has 0 unspecified atom stereocenters. The molecule has 122 valence electrons. The first-order valence-electron chi connectivity index (χ1n) is 7.00. The van der Waals surface area contributed by atoms with E-state index in [1.807, 2.05) is 13.0 Å². The number of anilines is 1. The third kappa shape index (κ3) is 3.92. The van der Waals surface area contributed by atoms with Crippen molar-refractivity contribution in [2.24, 2.45) is 5.10 Å². The van der Waals surface area contributed by atoms with Crippen molar-refractivity contribution in [2.45, 2.75) is 13.8 Å².